The third-order valence-corrected chi connectivity index (χ3v) is 0.219. The Bertz CT molecular complexity index is 66.9. The molecule has 0 radical (unpaired) electrons. The van der Waals surface area contributed by atoms with Crippen LogP contribution in [0.3, 0.4) is 0 Å². The summed E-state index contributed by atoms with van der Waals surface area (Å²) in [5.74, 6) is 0. The predicted molar refractivity (Wildman–Crippen MR) is 24.5 cm³/mol. The Morgan fingerprint density at radius 3 is 2.50 bits per heavy atom. The fourth-order valence-electron chi connectivity index (χ4n) is 0.0744. The van der Waals surface area contributed by atoms with Crippen LogP contribution in [0.1, 0.15) is 0 Å². The van der Waals surface area contributed by atoms with Crippen molar-refractivity contribution in [3.05, 3.63) is 17.7 Å². The molecule has 0 fully saturated rings. The number of nitrogens with zero attached hydrogens (tertiary/aromatic N) is 2. The Morgan fingerprint density at radius 2 is 2.33 bits per heavy atom. The molecule has 32 valence electrons. The van der Waals surface area contributed by atoms with Gasteiger partial charge in [0, 0.05) is 6.20 Å². The van der Waals surface area contributed by atoms with Gasteiger partial charge >= 0.3 is 0 Å². The first kappa shape index (κ1) is 5.01. The maximum Gasteiger partial charge on any atom is 0.159 e. The van der Waals surface area contributed by atoms with Gasteiger partial charge in [-0.1, -0.05) is 6.58 Å². The summed E-state index contributed by atoms with van der Waals surface area (Å²) in [4.78, 5) is 12.4. The van der Waals surface area contributed by atoms with Crippen LogP contribution in [-0.2, 0) is 0 Å². The minimum absolute atomic E-state index is 0.882. The van der Waals surface area contributed by atoms with E-state index in [0.29, 0.717) is 0 Å². The average Bonchev–Trinajstić information content (AvgIpc) is 1.61. The van der Waals surface area contributed by atoms with Crippen LogP contribution in [0.2, 0.25) is 0 Å². The largest absolute Gasteiger partial charge is 0.242 e. The van der Waals surface area contributed by atoms with E-state index < -0.39 is 0 Å². The number of aliphatic imine (C=N–C) groups is 1. The lowest BCUT2D eigenvalue weighted by atomic mass is 11.0. The zero-order chi connectivity index (χ0) is 4.83. The second-order valence-corrected chi connectivity index (χ2v) is 0.553. The Labute approximate surface area is 35.4 Å². The predicted octanol–water partition coefficient (Wildman–Crippen LogP) is 0.925. The maximum atomic E-state index is 9.12. The molecule has 3 nitrogen and oxygen atoms in total. The molecule has 0 rings (SSSR count). The van der Waals surface area contributed by atoms with Crippen LogP contribution < -0.4 is 0 Å². The zero-order valence-corrected chi connectivity index (χ0v) is 3.16. The van der Waals surface area contributed by atoms with E-state index in [1.54, 1.807) is 0 Å². The van der Waals surface area contributed by atoms with E-state index in [1.165, 1.54) is 6.20 Å². The Kier molecular flexibility index (Phi) is 3.35. The lowest BCUT2D eigenvalue weighted by molar-refractivity contribution is 1.56. The van der Waals surface area contributed by atoms with E-state index in [2.05, 4.69) is 16.7 Å². The fraction of sp³-hybridized carbons (Fsp3) is 0. The topological polar surface area (TPSA) is 41.8 Å². The molecule has 0 atom stereocenters. The third kappa shape index (κ3) is 3.01. The third-order valence-electron chi connectivity index (χ3n) is 0.219. The summed E-state index contributed by atoms with van der Waals surface area (Å²) < 4.78 is 0. The van der Waals surface area contributed by atoms with Gasteiger partial charge in [-0.2, -0.15) is 0 Å². The lowest BCUT2D eigenvalue weighted by Gasteiger charge is -1.58. The van der Waals surface area contributed by atoms with Gasteiger partial charge in [-0.15, -0.1) is 4.91 Å². The average molecular weight is 84.1 g/mol. The molecule has 0 aromatic carbocycles. The van der Waals surface area contributed by atoms with E-state index in [0.717, 1.165) is 6.34 Å². The van der Waals surface area contributed by atoms with E-state index in [9.17, 15) is 0 Å². The van der Waals surface area contributed by atoms with E-state index >= 15 is 0 Å². The highest BCUT2D eigenvalue weighted by Gasteiger charge is 1.52. The molecule has 0 unspecified atom stereocenters. The van der Waals surface area contributed by atoms with Crippen LogP contribution in [0.25, 0.3) is 0 Å². The molecule has 0 spiro atoms. The van der Waals surface area contributed by atoms with Crippen molar-refractivity contribution in [2.45, 2.75) is 0 Å². The summed E-state index contributed by atoms with van der Waals surface area (Å²) in [5, 5.41) is 2.31. The zero-order valence-electron chi connectivity index (χ0n) is 3.16. The SMILES string of the molecule is C=CN=CN=O. The van der Waals surface area contributed by atoms with Gasteiger partial charge in [-0.05, 0) is 5.18 Å². The summed E-state index contributed by atoms with van der Waals surface area (Å²) >= 11 is 0. The van der Waals surface area contributed by atoms with Crippen molar-refractivity contribution >= 4 is 6.34 Å². The first-order chi connectivity index (χ1) is 2.91. The summed E-state index contributed by atoms with van der Waals surface area (Å²) in [6.45, 7) is 3.20. The van der Waals surface area contributed by atoms with E-state index in [1.807, 2.05) is 0 Å². The highest BCUT2D eigenvalue weighted by Crippen LogP contribution is 1.61. The van der Waals surface area contributed by atoms with Crippen molar-refractivity contribution in [1.29, 1.82) is 0 Å². The second kappa shape index (κ2) is 4.01. The smallest absolute Gasteiger partial charge is 0.159 e. The highest BCUT2D eigenvalue weighted by molar-refractivity contribution is 5.55. The lowest BCUT2D eigenvalue weighted by Crippen LogP contribution is -1.52. The Balaban J connectivity index is 3.17. The molecule has 0 aromatic heterocycles. The maximum absolute atomic E-state index is 9.12. The van der Waals surface area contributed by atoms with Gasteiger partial charge in [0.25, 0.3) is 0 Å². The van der Waals surface area contributed by atoms with Gasteiger partial charge in [0.2, 0.25) is 0 Å². The first-order valence-electron chi connectivity index (χ1n) is 1.37. The summed E-state index contributed by atoms with van der Waals surface area (Å²) in [7, 11) is 0. The van der Waals surface area contributed by atoms with Crippen molar-refractivity contribution in [3.63, 3.8) is 0 Å². The first-order valence-corrected chi connectivity index (χ1v) is 1.37. The summed E-state index contributed by atoms with van der Waals surface area (Å²) in [5.41, 5.74) is 0. The van der Waals surface area contributed by atoms with Gasteiger partial charge in [0.15, 0.2) is 6.34 Å². The van der Waals surface area contributed by atoms with Crippen LogP contribution >= 0.6 is 0 Å². The molecule has 0 aliphatic carbocycles. The van der Waals surface area contributed by atoms with Gasteiger partial charge in [0.1, 0.15) is 0 Å². The van der Waals surface area contributed by atoms with Crippen LogP contribution in [-0.4, -0.2) is 6.34 Å². The van der Waals surface area contributed by atoms with E-state index in [4.69, 9.17) is 4.91 Å². The monoisotopic (exact) mass is 84.0 g/mol. The van der Waals surface area contributed by atoms with Gasteiger partial charge in [-0.3, -0.25) is 0 Å². The quantitative estimate of drug-likeness (QED) is 0.278. The molecule has 0 heterocycles. The van der Waals surface area contributed by atoms with Crippen molar-refractivity contribution in [2.24, 2.45) is 10.2 Å². The minimum Gasteiger partial charge on any atom is -0.242 e. The number of rotatable bonds is 2. The molecular weight excluding hydrogens is 80.0 g/mol. The van der Waals surface area contributed by atoms with Crippen molar-refractivity contribution in [1.82, 2.24) is 0 Å². The van der Waals surface area contributed by atoms with E-state index in [-0.39, 0.29) is 0 Å². The highest BCUT2D eigenvalue weighted by atomic mass is 16.3. The fourth-order valence-corrected chi connectivity index (χ4v) is 0.0744. The molecule has 0 bridgehead atoms. The molecule has 0 aliphatic rings. The molecular formula is C3H4N2O. The molecule has 0 aliphatic heterocycles. The second-order valence-electron chi connectivity index (χ2n) is 0.553. The van der Waals surface area contributed by atoms with Crippen LogP contribution in [0.15, 0.2) is 22.9 Å². The van der Waals surface area contributed by atoms with Crippen molar-refractivity contribution in [3.8, 4) is 0 Å². The number of nitroso groups, excluding NO2 is 1. The summed E-state index contributed by atoms with van der Waals surface area (Å²) in [6, 6.07) is 0. The normalized spacial score (nSPS) is 8.67. The van der Waals surface area contributed by atoms with Gasteiger partial charge in [-0.25, -0.2) is 4.99 Å². The molecule has 0 aromatic rings. The number of hydrogen-bond donors (Lipinski definition) is 0. The van der Waals surface area contributed by atoms with Gasteiger partial charge in [0.05, 0.1) is 0 Å². The standard InChI is InChI=1S/C3H4N2O/c1-2-4-3-5-6/h2-3H,1H2. The summed E-state index contributed by atoms with van der Waals surface area (Å²) in [6.07, 6.45) is 2.12. The molecule has 0 saturated heterocycles. The molecule has 3 heteroatoms. The minimum atomic E-state index is 0.882. The van der Waals surface area contributed by atoms with Gasteiger partial charge < -0.3 is 0 Å². The molecule has 6 heavy (non-hydrogen) atoms. The van der Waals surface area contributed by atoms with Crippen LogP contribution in [0, 0.1) is 4.91 Å². The molecule has 0 amide bonds. The molecule has 0 N–H and O–H groups in total. The van der Waals surface area contributed by atoms with Crippen molar-refractivity contribution < 1.29 is 0 Å². The Morgan fingerprint density at radius 1 is 1.67 bits per heavy atom. The number of hydrogen-bond acceptors (Lipinski definition) is 2. The Hall–Kier alpha value is -0.990. The molecule has 0 saturated carbocycles. The van der Waals surface area contributed by atoms with Crippen LogP contribution in [0.4, 0.5) is 0 Å². The van der Waals surface area contributed by atoms with Crippen molar-refractivity contribution in [2.75, 3.05) is 0 Å². The van der Waals surface area contributed by atoms with Crippen LogP contribution in [0.5, 0.6) is 0 Å².